The molecule has 4 heteroatoms. The third-order valence-electron chi connectivity index (χ3n) is 2.81. The van der Waals surface area contributed by atoms with Gasteiger partial charge in [0.25, 0.3) is 0 Å². The quantitative estimate of drug-likeness (QED) is 0.630. The molecule has 88 valence electrons. The Labute approximate surface area is 99.8 Å². The van der Waals surface area contributed by atoms with E-state index in [1.165, 1.54) is 25.3 Å². The average Bonchev–Trinajstić information content (AvgIpc) is 2.29. The predicted octanol–water partition coefficient (Wildman–Crippen LogP) is 2.64. The lowest BCUT2D eigenvalue weighted by Crippen LogP contribution is -2.35. The normalized spacial score (nSPS) is 20.9. The minimum absolute atomic E-state index is 0.208. The van der Waals surface area contributed by atoms with Crippen LogP contribution in [0, 0.1) is 5.82 Å². The van der Waals surface area contributed by atoms with E-state index in [1.807, 2.05) is 0 Å². The van der Waals surface area contributed by atoms with Gasteiger partial charge in [-0.3, -0.25) is 0 Å². The minimum Gasteiger partial charge on any atom is -0.399 e. The molecule has 0 aromatic heterocycles. The first-order valence-electron chi connectivity index (χ1n) is 5.67. The molecule has 1 unspecified atom stereocenters. The SMILES string of the molecule is Nc1ccc(SCC2CCCCN2)c(F)c1. The minimum atomic E-state index is -0.208. The molecule has 2 nitrogen and oxygen atoms in total. The van der Waals surface area contributed by atoms with Gasteiger partial charge in [0.1, 0.15) is 5.82 Å². The van der Waals surface area contributed by atoms with Crippen molar-refractivity contribution in [2.75, 3.05) is 18.0 Å². The third-order valence-corrected chi connectivity index (χ3v) is 4.02. The Morgan fingerprint density at radius 3 is 3.00 bits per heavy atom. The fraction of sp³-hybridized carbons (Fsp3) is 0.500. The van der Waals surface area contributed by atoms with E-state index in [0.717, 1.165) is 12.3 Å². The fourth-order valence-corrected chi connectivity index (χ4v) is 2.92. The predicted molar refractivity (Wildman–Crippen MR) is 67.2 cm³/mol. The smallest absolute Gasteiger partial charge is 0.138 e. The van der Waals surface area contributed by atoms with Gasteiger partial charge in [-0.2, -0.15) is 0 Å². The maximum atomic E-state index is 13.5. The molecular formula is C12H17FN2S. The van der Waals surface area contributed by atoms with Gasteiger partial charge in [-0.15, -0.1) is 11.8 Å². The molecule has 1 atom stereocenters. The standard InChI is InChI=1S/C12H17FN2S/c13-11-7-9(14)4-5-12(11)16-8-10-3-1-2-6-15-10/h4-5,7,10,15H,1-3,6,8,14H2. The third kappa shape index (κ3) is 3.12. The van der Waals surface area contributed by atoms with Crippen LogP contribution < -0.4 is 11.1 Å². The van der Waals surface area contributed by atoms with E-state index in [-0.39, 0.29) is 5.82 Å². The van der Waals surface area contributed by atoms with E-state index in [0.29, 0.717) is 16.6 Å². The van der Waals surface area contributed by atoms with Crippen LogP contribution in [-0.4, -0.2) is 18.3 Å². The van der Waals surface area contributed by atoms with Gasteiger partial charge in [0, 0.05) is 22.4 Å². The van der Waals surface area contributed by atoms with Crippen molar-refractivity contribution in [1.82, 2.24) is 5.32 Å². The average molecular weight is 240 g/mol. The lowest BCUT2D eigenvalue weighted by atomic mass is 10.1. The van der Waals surface area contributed by atoms with Gasteiger partial charge in [-0.1, -0.05) is 6.42 Å². The van der Waals surface area contributed by atoms with Crippen molar-refractivity contribution in [3.05, 3.63) is 24.0 Å². The van der Waals surface area contributed by atoms with E-state index in [9.17, 15) is 4.39 Å². The van der Waals surface area contributed by atoms with Crippen molar-refractivity contribution < 1.29 is 4.39 Å². The van der Waals surface area contributed by atoms with Gasteiger partial charge >= 0.3 is 0 Å². The molecule has 3 N–H and O–H groups in total. The second-order valence-corrected chi connectivity index (χ2v) is 5.21. The molecule has 0 bridgehead atoms. The zero-order chi connectivity index (χ0) is 11.4. The van der Waals surface area contributed by atoms with E-state index in [4.69, 9.17) is 5.73 Å². The number of benzene rings is 1. The molecule has 1 aromatic rings. The number of nitrogen functional groups attached to an aromatic ring is 1. The lowest BCUT2D eigenvalue weighted by molar-refractivity contribution is 0.430. The number of nitrogens with one attached hydrogen (secondary N) is 1. The summed E-state index contributed by atoms with van der Waals surface area (Å²) in [5.74, 6) is 0.724. The Morgan fingerprint density at radius 1 is 1.44 bits per heavy atom. The number of hydrogen-bond donors (Lipinski definition) is 2. The van der Waals surface area contributed by atoms with Gasteiger partial charge in [0.15, 0.2) is 0 Å². The van der Waals surface area contributed by atoms with Gasteiger partial charge in [-0.05, 0) is 37.6 Å². The molecule has 0 aliphatic carbocycles. The van der Waals surface area contributed by atoms with E-state index in [2.05, 4.69) is 5.32 Å². The summed E-state index contributed by atoms with van der Waals surface area (Å²) >= 11 is 1.57. The van der Waals surface area contributed by atoms with Crippen LogP contribution in [-0.2, 0) is 0 Å². The highest BCUT2D eigenvalue weighted by Gasteiger charge is 2.13. The van der Waals surface area contributed by atoms with Crippen LogP contribution in [0.1, 0.15) is 19.3 Å². The molecule has 1 fully saturated rings. The first kappa shape index (κ1) is 11.7. The maximum Gasteiger partial charge on any atom is 0.138 e. The van der Waals surface area contributed by atoms with Crippen molar-refractivity contribution in [2.24, 2.45) is 0 Å². The summed E-state index contributed by atoms with van der Waals surface area (Å²) in [6, 6.07) is 5.42. The number of piperidine rings is 1. The number of hydrogen-bond acceptors (Lipinski definition) is 3. The molecule has 1 saturated heterocycles. The highest BCUT2D eigenvalue weighted by atomic mass is 32.2. The van der Waals surface area contributed by atoms with Crippen molar-refractivity contribution in [1.29, 1.82) is 0 Å². The molecule has 2 rings (SSSR count). The Kier molecular flexibility index (Phi) is 4.07. The monoisotopic (exact) mass is 240 g/mol. The molecule has 16 heavy (non-hydrogen) atoms. The molecule has 0 saturated carbocycles. The fourth-order valence-electron chi connectivity index (χ4n) is 1.89. The van der Waals surface area contributed by atoms with E-state index in [1.54, 1.807) is 23.9 Å². The van der Waals surface area contributed by atoms with E-state index < -0.39 is 0 Å². The Hall–Kier alpha value is -0.740. The zero-order valence-electron chi connectivity index (χ0n) is 9.21. The summed E-state index contributed by atoms with van der Waals surface area (Å²) in [4.78, 5) is 0.696. The molecular weight excluding hydrogens is 223 g/mol. The van der Waals surface area contributed by atoms with Gasteiger partial charge in [0.2, 0.25) is 0 Å². The van der Waals surface area contributed by atoms with Crippen LogP contribution >= 0.6 is 11.8 Å². The van der Waals surface area contributed by atoms with Crippen LogP contribution in [0.2, 0.25) is 0 Å². The summed E-state index contributed by atoms with van der Waals surface area (Å²) in [7, 11) is 0. The number of anilines is 1. The number of rotatable bonds is 3. The second kappa shape index (κ2) is 5.55. The summed E-state index contributed by atoms with van der Waals surface area (Å²) in [6.07, 6.45) is 3.74. The van der Waals surface area contributed by atoms with Crippen LogP contribution in [0.5, 0.6) is 0 Å². The first-order chi connectivity index (χ1) is 7.75. The highest BCUT2D eigenvalue weighted by molar-refractivity contribution is 7.99. The number of nitrogens with two attached hydrogens (primary N) is 1. The van der Waals surface area contributed by atoms with Crippen molar-refractivity contribution in [2.45, 2.75) is 30.2 Å². The summed E-state index contributed by atoms with van der Waals surface area (Å²) in [5, 5.41) is 3.45. The molecule has 0 spiro atoms. The van der Waals surface area contributed by atoms with Gasteiger partial charge in [-0.25, -0.2) is 4.39 Å². The molecule has 0 radical (unpaired) electrons. The largest absolute Gasteiger partial charge is 0.399 e. The Bertz CT molecular complexity index is 351. The Morgan fingerprint density at radius 2 is 2.31 bits per heavy atom. The molecule has 1 aliphatic heterocycles. The maximum absolute atomic E-state index is 13.5. The lowest BCUT2D eigenvalue weighted by Gasteiger charge is -2.23. The van der Waals surface area contributed by atoms with Gasteiger partial charge in [0.05, 0.1) is 0 Å². The molecule has 1 aliphatic rings. The van der Waals surface area contributed by atoms with Crippen LogP contribution in [0.3, 0.4) is 0 Å². The van der Waals surface area contributed by atoms with Crippen LogP contribution in [0.15, 0.2) is 23.1 Å². The van der Waals surface area contributed by atoms with Crippen molar-refractivity contribution >= 4 is 17.4 Å². The number of thioether (sulfide) groups is 1. The first-order valence-corrected chi connectivity index (χ1v) is 6.65. The zero-order valence-corrected chi connectivity index (χ0v) is 10.0. The summed E-state index contributed by atoms with van der Waals surface area (Å²) in [6.45, 7) is 1.09. The second-order valence-electron chi connectivity index (χ2n) is 4.15. The molecule has 1 heterocycles. The van der Waals surface area contributed by atoms with Crippen molar-refractivity contribution in [3.63, 3.8) is 0 Å². The highest BCUT2D eigenvalue weighted by Crippen LogP contribution is 2.25. The van der Waals surface area contributed by atoms with Gasteiger partial charge < -0.3 is 11.1 Å². The Balaban J connectivity index is 1.88. The summed E-state index contributed by atoms with van der Waals surface area (Å²) in [5.41, 5.74) is 5.99. The number of halogens is 1. The summed E-state index contributed by atoms with van der Waals surface area (Å²) < 4.78 is 13.5. The van der Waals surface area contributed by atoms with Crippen molar-refractivity contribution in [3.8, 4) is 0 Å². The topological polar surface area (TPSA) is 38.0 Å². The molecule has 0 amide bonds. The van der Waals surface area contributed by atoms with Crippen LogP contribution in [0.25, 0.3) is 0 Å². The van der Waals surface area contributed by atoms with Crippen LogP contribution in [0.4, 0.5) is 10.1 Å². The molecule has 1 aromatic carbocycles. The van der Waals surface area contributed by atoms with E-state index >= 15 is 0 Å².